The number of hydrogen-bond acceptors (Lipinski definition) is 3. The number of likely N-dealkylation sites (tertiary alicyclic amines) is 1. The fourth-order valence-corrected chi connectivity index (χ4v) is 4.26. The third-order valence-electron chi connectivity index (χ3n) is 5.36. The number of nitrogens with zero attached hydrogens (tertiary/aromatic N) is 3. The van der Waals surface area contributed by atoms with Gasteiger partial charge in [0.1, 0.15) is 0 Å². The van der Waals surface area contributed by atoms with Gasteiger partial charge in [0.25, 0.3) is 5.91 Å². The molecule has 1 aliphatic heterocycles. The highest BCUT2D eigenvalue weighted by atomic mass is 79.9. The van der Waals surface area contributed by atoms with Crippen molar-refractivity contribution in [2.24, 2.45) is 0 Å². The molecule has 148 valence electrons. The van der Waals surface area contributed by atoms with Crippen LogP contribution in [-0.2, 0) is 6.54 Å². The number of amides is 1. The zero-order valence-electron chi connectivity index (χ0n) is 16.7. The SMILES string of the molecule is CCN(CC)C(=O)c1ccc(C(Br)=C2CCN(Cc3ccncc3)CC2)cc1. The van der Waals surface area contributed by atoms with Crippen LogP contribution in [0.15, 0.2) is 54.4 Å². The first-order valence-electron chi connectivity index (χ1n) is 10.0. The molecule has 0 N–H and O–H groups in total. The first kappa shape index (κ1) is 20.7. The first-order chi connectivity index (χ1) is 13.6. The average molecular weight is 442 g/mol. The van der Waals surface area contributed by atoms with Crippen molar-refractivity contribution in [3.05, 3.63) is 71.1 Å². The van der Waals surface area contributed by atoms with Gasteiger partial charge in [-0.15, -0.1) is 0 Å². The summed E-state index contributed by atoms with van der Waals surface area (Å²) in [6, 6.07) is 12.2. The maximum Gasteiger partial charge on any atom is 0.253 e. The van der Waals surface area contributed by atoms with Gasteiger partial charge in [0, 0.05) is 55.2 Å². The van der Waals surface area contributed by atoms with Crippen molar-refractivity contribution < 1.29 is 4.79 Å². The van der Waals surface area contributed by atoms with E-state index in [4.69, 9.17) is 0 Å². The number of piperidine rings is 1. The van der Waals surface area contributed by atoms with Crippen LogP contribution in [-0.4, -0.2) is 46.9 Å². The van der Waals surface area contributed by atoms with Crippen LogP contribution in [0.2, 0.25) is 0 Å². The number of rotatable bonds is 6. The van der Waals surface area contributed by atoms with Crippen molar-refractivity contribution in [3.8, 4) is 0 Å². The van der Waals surface area contributed by atoms with Crippen LogP contribution in [0.4, 0.5) is 0 Å². The second kappa shape index (κ2) is 9.99. The zero-order valence-corrected chi connectivity index (χ0v) is 18.3. The van der Waals surface area contributed by atoms with Crippen LogP contribution in [0.1, 0.15) is 48.2 Å². The van der Waals surface area contributed by atoms with Crippen molar-refractivity contribution in [1.29, 1.82) is 0 Å². The van der Waals surface area contributed by atoms with Crippen LogP contribution in [0.5, 0.6) is 0 Å². The van der Waals surface area contributed by atoms with Gasteiger partial charge in [-0.25, -0.2) is 0 Å². The number of halogens is 1. The molecule has 0 spiro atoms. The fraction of sp³-hybridized carbons (Fsp3) is 0.391. The first-order valence-corrected chi connectivity index (χ1v) is 10.8. The van der Waals surface area contributed by atoms with E-state index in [2.05, 4.69) is 50.1 Å². The molecule has 0 saturated carbocycles. The summed E-state index contributed by atoms with van der Waals surface area (Å²) in [5, 5.41) is 0. The number of pyridine rings is 1. The summed E-state index contributed by atoms with van der Waals surface area (Å²) in [6.07, 6.45) is 5.84. The summed E-state index contributed by atoms with van der Waals surface area (Å²) >= 11 is 3.81. The van der Waals surface area contributed by atoms with Crippen molar-refractivity contribution in [2.75, 3.05) is 26.2 Å². The number of carbonyl (C=O) groups excluding carboxylic acids is 1. The molecule has 0 atom stereocenters. The molecule has 1 aliphatic rings. The smallest absolute Gasteiger partial charge is 0.253 e. The van der Waals surface area contributed by atoms with Crippen LogP contribution >= 0.6 is 15.9 Å². The Balaban J connectivity index is 1.63. The van der Waals surface area contributed by atoms with Gasteiger partial charge in [-0.05, 0) is 62.1 Å². The van der Waals surface area contributed by atoms with Gasteiger partial charge in [0.15, 0.2) is 0 Å². The van der Waals surface area contributed by atoms with Gasteiger partial charge in [0.2, 0.25) is 0 Å². The third-order valence-corrected chi connectivity index (χ3v) is 6.38. The predicted molar refractivity (Wildman–Crippen MR) is 118 cm³/mol. The molecule has 0 radical (unpaired) electrons. The van der Waals surface area contributed by atoms with E-state index in [1.54, 1.807) is 0 Å². The number of benzene rings is 1. The summed E-state index contributed by atoms with van der Waals surface area (Å²) in [5.74, 6) is 0.102. The zero-order chi connectivity index (χ0) is 19.9. The minimum Gasteiger partial charge on any atom is -0.339 e. The Morgan fingerprint density at radius 1 is 1.00 bits per heavy atom. The molecule has 4 nitrogen and oxygen atoms in total. The Labute approximate surface area is 176 Å². The fourth-order valence-electron chi connectivity index (χ4n) is 3.60. The Bertz CT molecular complexity index is 804. The Morgan fingerprint density at radius 2 is 1.57 bits per heavy atom. The molecule has 2 heterocycles. The van der Waals surface area contributed by atoms with E-state index in [1.165, 1.54) is 15.6 Å². The van der Waals surface area contributed by atoms with Crippen molar-refractivity contribution in [3.63, 3.8) is 0 Å². The lowest BCUT2D eigenvalue weighted by atomic mass is 9.99. The molecule has 1 amide bonds. The van der Waals surface area contributed by atoms with Gasteiger partial charge in [-0.1, -0.05) is 33.6 Å². The molecule has 0 unspecified atom stereocenters. The van der Waals surface area contributed by atoms with Crippen molar-refractivity contribution in [2.45, 2.75) is 33.2 Å². The van der Waals surface area contributed by atoms with Gasteiger partial charge < -0.3 is 4.90 Å². The monoisotopic (exact) mass is 441 g/mol. The lowest BCUT2D eigenvalue weighted by Gasteiger charge is -2.29. The second-order valence-electron chi connectivity index (χ2n) is 7.10. The summed E-state index contributed by atoms with van der Waals surface area (Å²) in [6.45, 7) is 8.60. The van der Waals surface area contributed by atoms with Crippen LogP contribution < -0.4 is 0 Å². The Kier molecular flexibility index (Phi) is 7.40. The minimum absolute atomic E-state index is 0.102. The molecule has 1 aromatic carbocycles. The van der Waals surface area contributed by atoms with E-state index in [9.17, 15) is 4.79 Å². The molecular formula is C23H28BrN3O. The summed E-state index contributed by atoms with van der Waals surface area (Å²) in [7, 11) is 0. The van der Waals surface area contributed by atoms with E-state index >= 15 is 0 Å². The number of hydrogen-bond donors (Lipinski definition) is 0. The highest BCUT2D eigenvalue weighted by molar-refractivity contribution is 9.15. The summed E-state index contributed by atoms with van der Waals surface area (Å²) < 4.78 is 1.18. The molecule has 0 bridgehead atoms. The standard InChI is InChI=1S/C23H28BrN3O/c1-3-27(4-2)23(28)21-7-5-19(6-8-21)22(24)20-11-15-26(16-12-20)17-18-9-13-25-14-10-18/h5-10,13-14H,3-4,11-12,15-17H2,1-2H3. The maximum absolute atomic E-state index is 12.5. The van der Waals surface area contributed by atoms with E-state index in [0.717, 1.165) is 56.7 Å². The molecule has 2 aromatic rings. The number of carbonyl (C=O) groups is 1. The van der Waals surface area contributed by atoms with Crippen LogP contribution in [0, 0.1) is 0 Å². The van der Waals surface area contributed by atoms with E-state index < -0.39 is 0 Å². The molecule has 1 saturated heterocycles. The van der Waals surface area contributed by atoms with E-state index in [0.29, 0.717) is 0 Å². The van der Waals surface area contributed by atoms with Gasteiger partial charge in [-0.2, -0.15) is 0 Å². The molecule has 0 aliphatic carbocycles. The highest BCUT2D eigenvalue weighted by Gasteiger charge is 2.18. The quantitative estimate of drug-likeness (QED) is 0.634. The maximum atomic E-state index is 12.5. The van der Waals surface area contributed by atoms with Crippen molar-refractivity contribution >= 4 is 26.3 Å². The van der Waals surface area contributed by atoms with E-state index in [1.807, 2.05) is 43.3 Å². The molecular weight excluding hydrogens is 414 g/mol. The lowest BCUT2D eigenvalue weighted by Crippen LogP contribution is -2.30. The second-order valence-corrected chi connectivity index (χ2v) is 7.90. The Morgan fingerprint density at radius 3 is 2.14 bits per heavy atom. The molecule has 28 heavy (non-hydrogen) atoms. The Hall–Kier alpha value is -1.98. The normalized spacial score (nSPS) is 14.8. The molecule has 5 heteroatoms. The van der Waals surface area contributed by atoms with Gasteiger partial charge in [-0.3, -0.25) is 14.7 Å². The topological polar surface area (TPSA) is 36.4 Å². The van der Waals surface area contributed by atoms with Gasteiger partial charge in [0.05, 0.1) is 0 Å². The van der Waals surface area contributed by atoms with Crippen LogP contribution in [0.3, 0.4) is 0 Å². The molecule has 1 aromatic heterocycles. The predicted octanol–water partition coefficient (Wildman–Crippen LogP) is 4.97. The van der Waals surface area contributed by atoms with E-state index in [-0.39, 0.29) is 5.91 Å². The summed E-state index contributed by atoms with van der Waals surface area (Å²) in [4.78, 5) is 20.9. The summed E-state index contributed by atoms with van der Waals surface area (Å²) in [5.41, 5.74) is 4.67. The minimum atomic E-state index is 0.102. The van der Waals surface area contributed by atoms with Gasteiger partial charge >= 0.3 is 0 Å². The van der Waals surface area contributed by atoms with Crippen LogP contribution in [0.25, 0.3) is 4.48 Å². The third kappa shape index (κ3) is 5.09. The lowest BCUT2D eigenvalue weighted by molar-refractivity contribution is 0.0773. The average Bonchev–Trinajstić information content (AvgIpc) is 2.75. The molecule has 1 fully saturated rings. The van der Waals surface area contributed by atoms with Crippen molar-refractivity contribution in [1.82, 2.24) is 14.8 Å². The number of aromatic nitrogens is 1. The highest BCUT2D eigenvalue weighted by Crippen LogP contribution is 2.32. The molecule has 3 rings (SSSR count). The largest absolute Gasteiger partial charge is 0.339 e.